The number of hydrogen-bond acceptors (Lipinski definition) is 2. The lowest BCUT2D eigenvalue weighted by Gasteiger charge is -2.42. The largest absolute Gasteiger partial charge is 0.379 e. The zero-order valence-corrected chi connectivity index (χ0v) is 12.4. The molecule has 0 radical (unpaired) electrons. The second-order valence-electron chi connectivity index (χ2n) is 7.01. The highest BCUT2D eigenvalue weighted by atomic mass is 16.5. The van der Waals surface area contributed by atoms with Gasteiger partial charge in [-0.3, -0.25) is 0 Å². The summed E-state index contributed by atoms with van der Waals surface area (Å²) in [6, 6.07) is 0.333. The number of rotatable bonds is 5. The average molecular weight is 241 g/mol. The van der Waals surface area contributed by atoms with Crippen molar-refractivity contribution < 1.29 is 4.74 Å². The molecule has 1 aliphatic carbocycles. The van der Waals surface area contributed by atoms with E-state index in [0.717, 1.165) is 12.8 Å². The monoisotopic (exact) mass is 241 g/mol. The Morgan fingerprint density at radius 3 is 2.53 bits per heavy atom. The smallest absolute Gasteiger partial charge is 0.0623 e. The molecular weight excluding hydrogens is 210 g/mol. The molecule has 17 heavy (non-hydrogen) atoms. The number of hydrogen-bond donors (Lipinski definition) is 1. The Kier molecular flexibility index (Phi) is 5.03. The van der Waals surface area contributed by atoms with Gasteiger partial charge in [-0.15, -0.1) is 0 Å². The summed E-state index contributed by atoms with van der Waals surface area (Å²) in [6.45, 7) is 9.06. The lowest BCUT2D eigenvalue weighted by atomic mass is 9.65. The molecule has 0 aliphatic heterocycles. The van der Waals surface area contributed by atoms with Gasteiger partial charge in [-0.05, 0) is 50.9 Å². The van der Waals surface area contributed by atoms with Crippen molar-refractivity contribution >= 4 is 0 Å². The Balaban J connectivity index is 2.49. The molecule has 0 bridgehead atoms. The summed E-state index contributed by atoms with van der Waals surface area (Å²) >= 11 is 0. The van der Waals surface area contributed by atoms with Crippen LogP contribution in [-0.4, -0.2) is 18.8 Å². The van der Waals surface area contributed by atoms with E-state index in [1.165, 1.54) is 25.7 Å². The predicted octanol–water partition coefficient (Wildman–Crippen LogP) is 3.74. The van der Waals surface area contributed by atoms with Crippen LogP contribution in [0.5, 0.6) is 0 Å². The first-order valence-corrected chi connectivity index (χ1v) is 7.09. The van der Waals surface area contributed by atoms with Crippen molar-refractivity contribution in [3.63, 3.8) is 0 Å². The molecule has 2 unspecified atom stereocenters. The van der Waals surface area contributed by atoms with Gasteiger partial charge in [-0.1, -0.05) is 26.7 Å². The Labute approximate surface area is 107 Å². The van der Waals surface area contributed by atoms with Crippen LogP contribution in [0.4, 0.5) is 0 Å². The Bertz CT molecular complexity index is 235. The molecule has 2 N–H and O–H groups in total. The maximum atomic E-state index is 6.43. The summed E-state index contributed by atoms with van der Waals surface area (Å²) in [5.41, 5.74) is 6.82. The molecule has 0 amide bonds. The fourth-order valence-electron chi connectivity index (χ4n) is 3.13. The van der Waals surface area contributed by atoms with Gasteiger partial charge >= 0.3 is 0 Å². The molecule has 0 aromatic rings. The van der Waals surface area contributed by atoms with Crippen molar-refractivity contribution in [3.05, 3.63) is 0 Å². The average Bonchev–Trinajstić information content (AvgIpc) is 2.25. The lowest BCUT2D eigenvalue weighted by Crippen LogP contribution is -2.42. The highest BCUT2D eigenvalue weighted by Crippen LogP contribution is 2.42. The Morgan fingerprint density at radius 1 is 1.35 bits per heavy atom. The van der Waals surface area contributed by atoms with Gasteiger partial charge in [0.05, 0.1) is 5.60 Å². The minimum atomic E-state index is -0.0313. The van der Waals surface area contributed by atoms with Gasteiger partial charge in [0.15, 0.2) is 0 Å². The van der Waals surface area contributed by atoms with Gasteiger partial charge in [0.1, 0.15) is 0 Å². The molecule has 102 valence electrons. The fourth-order valence-corrected chi connectivity index (χ4v) is 3.13. The number of ether oxygens (including phenoxy) is 1. The van der Waals surface area contributed by atoms with E-state index in [2.05, 4.69) is 27.7 Å². The zero-order chi connectivity index (χ0) is 13.1. The molecule has 0 spiro atoms. The SMILES string of the molecule is COC(C)(C)CCC(N)C1CCCCC1(C)C. The topological polar surface area (TPSA) is 35.2 Å². The quantitative estimate of drug-likeness (QED) is 0.796. The Hall–Kier alpha value is -0.0800. The van der Waals surface area contributed by atoms with Crippen molar-refractivity contribution in [2.24, 2.45) is 17.1 Å². The lowest BCUT2D eigenvalue weighted by molar-refractivity contribution is 0.00711. The summed E-state index contributed by atoms with van der Waals surface area (Å²) < 4.78 is 5.47. The molecule has 0 heterocycles. The van der Waals surface area contributed by atoms with Crippen LogP contribution in [-0.2, 0) is 4.74 Å². The fraction of sp³-hybridized carbons (Fsp3) is 1.00. The van der Waals surface area contributed by atoms with Gasteiger partial charge < -0.3 is 10.5 Å². The van der Waals surface area contributed by atoms with Crippen LogP contribution >= 0.6 is 0 Å². The van der Waals surface area contributed by atoms with E-state index in [9.17, 15) is 0 Å². The van der Waals surface area contributed by atoms with E-state index in [-0.39, 0.29) is 5.60 Å². The van der Waals surface area contributed by atoms with E-state index >= 15 is 0 Å². The van der Waals surface area contributed by atoms with Crippen molar-refractivity contribution in [3.8, 4) is 0 Å². The molecule has 1 saturated carbocycles. The van der Waals surface area contributed by atoms with E-state index in [0.29, 0.717) is 17.4 Å². The highest BCUT2D eigenvalue weighted by Gasteiger charge is 2.36. The van der Waals surface area contributed by atoms with Crippen LogP contribution in [0.1, 0.15) is 66.2 Å². The minimum absolute atomic E-state index is 0.0313. The summed E-state index contributed by atoms with van der Waals surface area (Å²) in [5.74, 6) is 0.684. The second-order valence-corrected chi connectivity index (χ2v) is 7.01. The molecule has 0 saturated heterocycles. The first-order valence-electron chi connectivity index (χ1n) is 7.09. The normalized spacial score (nSPS) is 26.8. The van der Waals surface area contributed by atoms with Gasteiger partial charge in [0, 0.05) is 13.2 Å². The van der Waals surface area contributed by atoms with Crippen LogP contribution in [0.3, 0.4) is 0 Å². The van der Waals surface area contributed by atoms with Gasteiger partial charge in [-0.2, -0.15) is 0 Å². The van der Waals surface area contributed by atoms with Crippen LogP contribution in [0.2, 0.25) is 0 Å². The number of methoxy groups -OCH3 is 1. The number of nitrogens with two attached hydrogens (primary N) is 1. The van der Waals surface area contributed by atoms with Gasteiger partial charge in [-0.25, -0.2) is 0 Å². The van der Waals surface area contributed by atoms with Crippen molar-refractivity contribution in [2.45, 2.75) is 77.9 Å². The van der Waals surface area contributed by atoms with Crippen molar-refractivity contribution in [2.75, 3.05) is 7.11 Å². The molecular formula is C15H31NO. The summed E-state index contributed by atoms with van der Waals surface area (Å²) in [6.07, 6.45) is 7.50. The van der Waals surface area contributed by atoms with E-state index < -0.39 is 0 Å². The van der Waals surface area contributed by atoms with E-state index in [4.69, 9.17) is 10.5 Å². The molecule has 1 fully saturated rings. The summed E-state index contributed by atoms with van der Waals surface area (Å²) in [4.78, 5) is 0. The molecule has 2 nitrogen and oxygen atoms in total. The van der Waals surface area contributed by atoms with E-state index in [1.807, 2.05) is 0 Å². The van der Waals surface area contributed by atoms with Crippen molar-refractivity contribution in [1.82, 2.24) is 0 Å². The minimum Gasteiger partial charge on any atom is -0.379 e. The maximum absolute atomic E-state index is 6.43. The molecule has 2 atom stereocenters. The standard InChI is InChI=1S/C15H31NO/c1-14(2)10-7-6-8-12(14)13(16)9-11-15(3,4)17-5/h12-13H,6-11,16H2,1-5H3. The molecule has 0 aromatic heterocycles. The predicted molar refractivity (Wildman–Crippen MR) is 74.0 cm³/mol. The van der Waals surface area contributed by atoms with Gasteiger partial charge in [0.25, 0.3) is 0 Å². The third kappa shape index (κ3) is 4.26. The molecule has 0 aromatic carbocycles. The zero-order valence-electron chi connectivity index (χ0n) is 12.4. The van der Waals surface area contributed by atoms with Crippen LogP contribution in [0.25, 0.3) is 0 Å². The first kappa shape index (κ1) is 15.0. The van der Waals surface area contributed by atoms with Gasteiger partial charge in [0.2, 0.25) is 0 Å². The Morgan fingerprint density at radius 2 is 2.00 bits per heavy atom. The maximum Gasteiger partial charge on any atom is 0.0623 e. The second kappa shape index (κ2) is 5.71. The van der Waals surface area contributed by atoms with Crippen molar-refractivity contribution in [1.29, 1.82) is 0 Å². The molecule has 1 rings (SSSR count). The van der Waals surface area contributed by atoms with Crippen LogP contribution in [0, 0.1) is 11.3 Å². The summed E-state index contributed by atoms with van der Waals surface area (Å²) in [5, 5.41) is 0. The van der Waals surface area contributed by atoms with Crippen LogP contribution < -0.4 is 5.73 Å². The molecule has 1 aliphatic rings. The third-order valence-corrected chi connectivity index (χ3v) is 4.74. The van der Waals surface area contributed by atoms with Crippen LogP contribution in [0.15, 0.2) is 0 Å². The molecule has 2 heteroatoms. The van der Waals surface area contributed by atoms with E-state index in [1.54, 1.807) is 7.11 Å². The third-order valence-electron chi connectivity index (χ3n) is 4.74. The first-order chi connectivity index (χ1) is 7.78. The highest BCUT2D eigenvalue weighted by molar-refractivity contribution is 4.89. The summed E-state index contributed by atoms with van der Waals surface area (Å²) in [7, 11) is 1.79.